The first-order valence-electron chi connectivity index (χ1n) is 10.7. The van der Waals surface area contributed by atoms with Crippen LogP contribution in [-0.4, -0.2) is 0 Å². The molecule has 27 heavy (non-hydrogen) atoms. The summed E-state index contributed by atoms with van der Waals surface area (Å²) in [5.74, 6) is 1.00. The third kappa shape index (κ3) is 4.66. The highest BCUT2D eigenvalue weighted by atomic mass is 14.6. The van der Waals surface area contributed by atoms with Crippen molar-refractivity contribution in [1.29, 1.82) is 0 Å². The van der Waals surface area contributed by atoms with E-state index in [1.54, 1.807) is 0 Å². The molecular weight excluding hydrogens is 328 g/mol. The van der Waals surface area contributed by atoms with Crippen LogP contribution in [0.15, 0.2) is 24.3 Å². The molecule has 2 aromatic rings. The SMILES string of the molecule is CCc1cc(Cc2cc(CC)c(N)c(C(C)CC)c2)c(C(C)CC)cc1N. The molecule has 0 saturated heterocycles. The highest BCUT2D eigenvalue weighted by Crippen LogP contribution is 2.33. The van der Waals surface area contributed by atoms with Crippen molar-refractivity contribution in [3.8, 4) is 0 Å². The molecule has 0 bridgehead atoms. The summed E-state index contributed by atoms with van der Waals surface area (Å²) >= 11 is 0. The molecule has 0 saturated carbocycles. The second-order valence-corrected chi connectivity index (χ2v) is 8.01. The van der Waals surface area contributed by atoms with Gasteiger partial charge < -0.3 is 11.5 Å². The van der Waals surface area contributed by atoms with E-state index in [1.165, 1.54) is 33.4 Å². The molecule has 2 aromatic carbocycles. The Morgan fingerprint density at radius 1 is 0.704 bits per heavy atom. The molecule has 0 radical (unpaired) electrons. The molecule has 4 N–H and O–H groups in total. The Balaban J connectivity index is 2.55. The predicted molar refractivity (Wildman–Crippen MR) is 121 cm³/mol. The van der Waals surface area contributed by atoms with E-state index in [4.69, 9.17) is 11.5 Å². The summed E-state index contributed by atoms with van der Waals surface area (Å²) in [6, 6.07) is 9.20. The van der Waals surface area contributed by atoms with Gasteiger partial charge in [0.15, 0.2) is 0 Å². The Hall–Kier alpha value is -1.96. The summed E-state index contributed by atoms with van der Waals surface area (Å²) in [7, 11) is 0. The number of rotatable bonds is 8. The minimum atomic E-state index is 0.488. The summed E-state index contributed by atoms with van der Waals surface area (Å²) in [6.45, 7) is 13.4. The monoisotopic (exact) mass is 366 g/mol. The highest BCUT2D eigenvalue weighted by molar-refractivity contribution is 5.59. The number of benzene rings is 2. The van der Waals surface area contributed by atoms with Crippen LogP contribution < -0.4 is 11.5 Å². The zero-order chi connectivity index (χ0) is 20.1. The molecule has 2 atom stereocenters. The molecule has 0 fully saturated rings. The van der Waals surface area contributed by atoms with E-state index >= 15 is 0 Å². The second-order valence-electron chi connectivity index (χ2n) is 8.01. The van der Waals surface area contributed by atoms with Crippen molar-refractivity contribution in [2.45, 2.75) is 85.5 Å². The molecule has 0 spiro atoms. The van der Waals surface area contributed by atoms with Gasteiger partial charge in [-0.25, -0.2) is 0 Å². The number of hydrogen-bond donors (Lipinski definition) is 2. The number of nitrogen functional groups attached to an aromatic ring is 2. The van der Waals surface area contributed by atoms with Gasteiger partial charge >= 0.3 is 0 Å². The molecule has 0 heterocycles. The van der Waals surface area contributed by atoms with E-state index in [2.05, 4.69) is 65.8 Å². The Morgan fingerprint density at radius 2 is 1.30 bits per heavy atom. The van der Waals surface area contributed by atoms with Gasteiger partial charge in [0, 0.05) is 11.4 Å². The van der Waals surface area contributed by atoms with E-state index < -0.39 is 0 Å². The molecule has 0 aromatic heterocycles. The molecule has 0 aliphatic heterocycles. The van der Waals surface area contributed by atoms with Crippen molar-refractivity contribution in [2.24, 2.45) is 0 Å². The second kappa shape index (κ2) is 9.30. The van der Waals surface area contributed by atoms with Gasteiger partial charge in [-0.3, -0.25) is 0 Å². The van der Waals surface area contributed by atoms with Crippen LogP contribution in [-0.2, 0) is 19.3 Å². The van der Waals surface area contributed by atoms with Gasteiger partial charge in [0.25, 0.3) is 0 Å². The summed E-state index contributed by atoms with van der Waals surface area (Å²) in [6.07, 6.45) is 5.13. The molecule has 2 unspecified atom stereocenters. The van der Waals surface area contributed by atoms with Gasteiger partial charge in [-0.15, -0.1) is 0 Å². The van der Waals surface area contributed by atoms with E-state index in [1.807, 2.05) is 0 Å². The quantitative estimate of drug-likeness (QED) is 0.517. The number of aryl methyl sites for hydroxylation is 2. The normalized spacial score (nSPS) is 13.6. The lowest BCUT2D eigenvalue weighted by Crippen LogP contribution is -2.07. The summed E-state index contributed by atoms with van der Waals surface area (Å²) < 4.78 is 0. The molecule has 2 heteroatoms. The van der Waals surface area contributed by atoms with E-state index in [0.717, 1.165) is 43.5 Å². The molecule has 0 amide bonds. The third-order valence-corrected chi connectivity index (χ3v) is 6.20. The van der Waals surface area contributed by atoms with Gasteiger partial charge in [-0.05, 0) is 83.4 Å². The van der Waals surface area contributed by atoms with Gasteiger partial charge in [0.2, 0.25) is 0 Å². The van der Waals surface area contributed by atoms with Gasteiger partial charge in [0.1, 0.15) is 0 Å². The van der Waals surface area contributed by atoms with Crippen molar-refractivity contribution in [3.05, 3.63) is 57.6 Å². The number of anilines is 2. The minimum absolute atomic E-state index is 0.488. The van der Waals surface area contributed by atoms with Crippen molar-refractivity contribution >= 4 is 11.4 Å². The largest absolute Gasteiger partial charge is 0.398 e. The lowest BCUT2D eigenvalue weighted by molar-refractivity contribution is 0.723. The highest BCUT2D eigenvalue weighted by Gasteiger charge is 2.16. The molecule has 2 nitrogen and oxygen atoms in total. The van der Waals surface area contributed by atoms with Crippen molar-refractivity contribution < 1.29 is 0 Å². The Morgan fingerprint density at radius 3 is 1.85 bits per heavy atom. The molecule has 0 aliphatic rings. The first-order chi connectivity index (χ1) is 12.9. The summed E-state index contributed by atoms with van der Waals surface area (Å²) in [4.78, 5) is 0. The van der Waals surface area contributed by atoms with Crippen molar-refractivity contribution in [2.75, 3.05) is 11.5 Å². The fourth-order valence-electron chi connectivity index (χ4n) is 3.92. The van der Waals surface area contributed by atoms with Crippen molar-refractivity contribution in [3.63, 3.8) is 0 Å². The lowest BCUT2D eigenvalue weighted by Gasteiger charge is -2.21. The van der Waals surface area contributed by atoms with Crippen molar-refractivity contribution in [1.82, 2.24) is 0 Å². The van der Waals surface area contributed by atoms with Crippen LogP contribution in [0.3, 0.4) is 0 Å². The predicted octanol–water partition coefficient (Wildman–Crippen LogP) is 6.59. The standard InChI is InChI=1S/C25H38N2/c1-7-16(5)22-15-24(26)19(9-3)14-21(22)12-18-11-20(10-4)25(27)23(13-18)17(6)8-2/h11,13-17H,7-10,12,26-27H2,1-6H3. The Kier molecular flexibility index (Phi) is 7.35. The average Bonchev–Trinajstić information content (AvgIpc) is 2.68. The van der Waals surface area contributed by atoms with Crippen LogP contribution >= 0.6 is 0 Å². The maximum atomic E-state index is 6.48. The maximum Gasteiger partial charge on any atom is 0.0381 e. The molecule has 0 aliphatic carbocycles. The summed E-state index contributed by atoms with van der Waals surface area (Å²) in [5.41, 5.74) is 22.7. The molecule has 148 valence electrons. The van der Waals surface area contributed by atoms with E-state index in [-0.39, 0.29) is 0 Å². The van der Waals surface area contributed by atoms with Gasteiger partial charge in [-0.2, -0.15) is 0 Å². The van der Waals surface area contributed by atoms with Crippen LogP contribution in [0.25, 0.3) is 0 Å². The fraction of sp³-hybridized carbons (Fsp3) is 0.520. The zero-order valence-electron chi connectivity index (χ0n) is 18.2. The average molecular weight is 367 g/mol. The van der Waals surface area contributed by atoms with E-state index in [0.29, 0.717) is 11.8 Å². The van der Waals surface area contributed by atoms with Crippen LogP contribution in [0, 0.1) is 0 Å². The molecular formula is C25H38N2. The van der Waals surface area contributed by atoms with Gasteiger partial charge in [-0.1, -0.05) is 59.7 Å². The third-order valence-electron chi connectivity index (χ3n) is 6.20. The fourth-order valence-corrected chi connectivity index (χ4v) is 3.92. The van der Waals surface area contributed by atoms with Gasteiger partial charge in [0.05, 0.1) is 0 Å². The Labute approximate surface area is 166 Å². The smallest absolute Gasteiger partial charge is 0.0381 e. The first-order valence-corrected chi connectivity index (χ1v) is 10.7. The number of nitrogens with two attached hydrogens (primary N) is 2. The van der Waals surface area contributed by atoms with Crippen LogP contribution in [0.1, 0.15) is 99.6 Å². The summed E-state index contributed by atoms with van der Waals surface area (Å²) in [5, 5.41) is 0. The zero-order valence-corrected chi connectivity index (χ0v) is 18.2. The minimum Gasteiger partial charge on any atom is -0.398 e. The Bertz CT molecular complexity index is 776. The maximum absolute atomic E-state index is 6.48. The number of hydrogen-bond acceptors (Lipinski definition) is 2. The lowest BCUT2D eigenvalue weighted by atomic mass is 9.86. The van der Waals surface area contributed by atoms with Crippen LogP contribution in [0.5, 0.6) is 0 Å². The van der Waals surface area contributed by atoms with Crippen LogP contribution in [0.4, 0.5) is 11.4 Å². The molecule has 2 rings (SSSR count). The van der Waals surface area contributed by atoms with Crippen LogP contribution in [0.2, 0.25) is 0 Å². The van der Waals surface area contributed by atoms with E-state index in [9.17, 15) is 0 Å². The first kappa shape index (κ1) is 21.3. The topological polar surface area (TPSA) is 52.0 Å².